The lowest BCUT2D eigenvalue weighted by atomic mass is 9.95. The Hall–Kier alpha value is -4.46. The van der Waals surface area contributed by atoms with Crippen LogP contribution in [-0.4, -0.2) is 38.2 Å². The first kappa shape index (κ1) is 23.9. The number of methoxy groups -OCH3 is 1. The Morgan fingerprint density at radius 1 is 1.00 bits per heavy atom. The Balaban J connectivity index is 1.17. The first-order chi connectivity index (χ1) is 18.6. The molecule has 0 unspecified atom stereocenters. The molecule has 38 heavy (non-hydrogen) atoms. The van der Waals surface area contributed by atoms with Gasteiger partial charge in [-0.2, -0.15) is 4.57 Å². The number of ether oxygens (including phenoxy) is 5. The van der Waals surface area contributed by atoms with Gasteiger partial charge in [-0.1, -0.05) is 12.1 Å². The van der Waals surface area contributed by atoms with Gasteiger partial charge in [0.1, 0.15) is 5.75 Å². The van der Waals surface area contributed by atoms with Crippen molar-refractivity contribution in [2.24, 2.45) is 0 Å². The predicted molar refractivity (Wildman–Crippen MR) is 139 cm³/mol. The zero-order valence-electron chi connectivity index (χ0n) is 21.1. The second kappa shape index (κ2) is 10.1. The third-order valence-electron chi connectivity index (χ3n) is 6.88. The third-order valence-corrected chi connectivity index (χ3v) is 6.88. The van der Waals surface area contributed by atoms with Crippen molar-refractivity contribution in [1.29, 1.82) is 0 Å². The standard InChI is InChI=1S/C30H27NO7/c1-34-26-8-5-20-14-25-23-16-28-27(37-18-38-28)15-21(23)9-10-31(25)17-24(20)30(26)36-12-2-11-35-22-6-3-19(4-7-22)13-29(32)33/h3-8,14-17H,2,9-13,18H2,1H3/p+1. The van der Waals surface area contributed by atoms with E-state index in [1.54, 1.807) is 31.4 Å². The number of fused-ring (bicyclic) bond motifs is 5. The van der Waals surface area contributed by atoms with Crippen LogP contribution in [0.5, 0.6) is 28.7 Å². The van der Waals surface area contributed by atoms with Gasteiger partial charge in [0.05, 0.1) is 37.7 Å². The van der Waals surface area contributed by atoms with Gasteiger partial charge in [-0.05, 0) is 52.9 Å². The lowest BCUT2D eigenvalue weighted by Crippen LogP contribution is -2.40. The lowest BCUT2D eigenvalue weighted by molar-refractivity contribution is -0.686. The summed E-state index contributed by atoms with van der Waals surface area (Å²) >= 11 is 0. The molecule has 1 N–H and O–H groups in total. The molecule has 0 saturated heterocycles. The van der Waals surface area contributed by atoms with Gasteiger partial charge >= 0.3 is 5.97 Å². The molecule has 0 fully saturated rings. The summed E-state index contributed by atoms with van der Waals surface area (Å²) in [6, 6.07) is 17.5. The molecule has 0 amide bonds. The smallest absolute Gasteiger partial charge is 0.307 e. The van der Waals surface area contributed by atoms with Crippen molar-refractivity contribution in [3.63, 3.8) is 0 Å². The van der Waals surface area contributed by atoms with Crippen LogP contribution in [0.1, 0.15) is 17.5 Å². The second-order valence-electron chi connectivity index (χ2n) is 9.33. The maximum Gasteiger partial charge on any atom is 0.307 e. The fourth-order valence-corrected chi connectivity index (χ4v) is 5.01. The first-order valence-corrected chi connectivity index (χ1v) is 12.6. The lowest BCUT2D eigenvalue weighted by Gasteiger charge is -2.18. The van der Waals surface area contributed by atoms with Crippen molar-refractivity contribution in [3.05, 3.63) is 71.9 Å². The average Bonchev–Trinajstić information content (AvgIpc) is 3.39. The number of aromatic nitrogens is 1. The molecule has 3 aromatic carbocycles. The molecule has 0 aliphatic carbocycles. The molecule has 0 radical (unpaired) electrons. The highest BCUT2D eigenvalue weighted by Crippen LogP contribution is 2.41. The van der Waals surface area contributed by atoms with Gasteiger partial charge in [0.2, 0.25) is 12.5 Å². The Kier molecular flexibility index (Phi) is 6.37. The van der Waals surface area contributed by atoms with Crippen molar-refractivity contribution in [3.8, 4) is 40.0 Å². The van der Waals surface area contributed by atoms with Crippen LogP contribution in [-0.2, 0) is 24.2 Å². The fourth-order valence-electron chi connectivity index (χ4n) is 5.01. The Morgan fingerprint density at radius 3 is 2.58 bits per heavy atom. The van der Waals surface area contributed by atoms with Gasteiger partial charge in [-0.25, -0.2) is 0 Å². The molecule has 2 aliphatic rings. The topological polar surface area (TPSA) is 87.3 Å². The minimum Gasteiger partial charge on any atom is -0.493 e. The summed E-state index contributed by atoms with van der Waals surface area (Å²) in [6.07, 6.45) is 3.73. The van der Waals surface area contributed by atoms with Gasteiger partial charge < -0.3 is 28.8 Å². The summed E-state index contributed by atoms with van der Waals surface area (Å²) in [6.45, 7) is 2.05. The van der Waals surface area contributed by atoms with E-state index in [9.17, 15) is 4.79 Å². The zero-order valence-corrected chi connectivity index (χ0v) is 21.1. The number of aliphatic carboxylic acids is 1. The molecular formula is C30H28NO7+. The van der Waals surface area contributed by atoms with Gasteiger partial charge in [-0.15, -0.1) is 0 Å². The van der Waals surface area contributed by atoms with E-state index in [-0.39, 0.29) is 13.2 Å². The molecule has 3 heterocycles. The summed E-state index contributed by atoms with van der Waals surface area (Å²) in [5.74, 6) is 2.86. The molecule has 0 atom stereocenters. The summed E-state index contributed by atoms with van der Waals surface area (Å²) < 4.78 is 31.1. The van der Waals surface area contributed by atoms with Crippen molar-refractivity contribution < 1.29 is 38.2 Å². The molecule has 2 aliphatic heterocycles. The monoisotopic (exact) mass is 514 g/mol. The van der Waals surface area contributed by atoms with E-state index in [0.29, 0.717) is 31.1 Å². The molecule has 194 valence electrons. The predicted octanol–water partition coefficient (Wildman–Crippen LogP) is 4.56. The highest BCUT2D eigenvalue weighted by molar-refractivity contribution is 5.91. The highest BCUT2D eigenvalue weighted by Gasteiger charge is 2.28. The number of benzene rings is 3. The van der Waals surface area contributed by atoms with Gasteiger partial charge in [0.15, 0.2) is 35.7 Å². The van der Waals surface area contributed by atoms with Gasteiger partial charge in [-0.3, -0.25) is 4.79 Å². The minimum absolute atomic E-state index is 0.000330. The van der Waals surface area contributed by atoms with E-state index >= 15 is 0 Å². The number of carboxylic acids is 1. The maximum atomic E-state index is 10.8. The molecule has 6 rings (SSSR count). The van der Waals surface area contributed by atoms with Crippen molar-refractivity contribution in [2.45, 2.75) is 25.8 Å². The second-order valence-corrected chi connectivity index (χ2v) is 9.33. The van der Waals surface area contributed by atoms with Crippen LogP contribution in [0.3, 0.4) is 0 Å². The van der Waals surface area contributed by atoms with E-state index in [1.807, 2.05) is 6.07 Å². The minimum atomic E-state index is -0.851. The molecule has 8 nitrogen and oxygen atoms in total. The largest absolute Gasteiger partial charge is 0.493 e. The SMILES string of the molecule is COc1ccc2cc3[n+](cc2c1OCCCOc1ccc(CC(=O)O)cc1)CCc1cc2c(cc1-3)OCO2. The number of pyridine rings is 1. The van der Waals surface area contributed by atoms with Crippen LogP contribution < -0.4 is 28.3 Å². The number of hydrogen-bond donors (Lipinski definition) is 1. The number of carbonyl (C=O) groups is 1. The average molecular weight is 515 g/mol. The van der Waals surface area contributed by atoms with E-state index in [2.05, 4.69) is 35.0 Å². The fraction of sp³-hybridized carbons (Fsp3) is 0.267. The summed E-state index contributed by atoms with van der Waals surface area (Å²) in [4.78, 5) is 10.8. The summed E-state index contributed by atoms with van der Waals surface area (Å²) in [7, 11) is 1.65. The van der Waals surface area contributed by atoms with Crippen LogP contribution in [0.2, 0.25) is 0 Å². The number of nitrogens with zero attached hydrogens (tertiary/aromatic N) is 1. The maximum absolute atomic E-state index is 10.8. The highest BCUT2D eigenvalue weighted by atomic mass is 16.7. The summed E-state index contributed by atoms with van der Waals surface area (Å²) in [5, 5.41) is 11.0. The van der Waals surface area contributed by atoms with E-state index in [0.717, 1.165) is 57.8 Å². The first-order valence-electron chi connectivity index (χ1n) is 12.6. The zero-order chi connectivity index (χ0) is 26.1. The molecule has 0 saturated carbocycles. The van der Waals surface area contributed by atoms with E-state index < -0.39 is 5.97 Å². The molecule has 1 aromatic heterocycles. The van der Waals surface area contributed by atoms with E-state index in [4.69, 9.17) is 28.8 Å². The molecule has 4 aromatic rings. The Bertz CT molecular complexity index is 1510. The number of rotatable bonds is 9. The van der Waals surface area contributed by atoms with Crippen molar-refractivity contribution in [2.75, 3.05) is 27.1 Å². The van der Waals surface area contributed by atoms with Crippen LogP contribution in [0.25, 0.3) is 22.0 Å². The molecule has 0 spiro atoms. The Labute approximate surface area is 219 Å². The number of aryl methyl sites for hydroxylation is 2. The molecule has 8 heteroatoms. The van der Waals surface area contributed by atoms with Gasteiger partial charge in [0.25, 0.3) is 0 Å². The Morgan fingerprint density at radius 2 is 1.79 bits per heavy atom. The van der Waals surface area contributed by atoms with Crippen molar-refractivity contribution in [1.82, 2.24) is 0 Å². The molecular weight excluding hydrogens is 486 g/mol. The van der Waals surface area contributed by atoms with E-state index in [1.165, 1.54) is 5.56 Å². The van der Waals surface area contributed by atoms with Crippen LogP contribution >= 0.6 is 0 Å². The van der Waals surface area contributed by atoms with Crippen LogP contribution in [0.15, 0.2) is 60.8 Å². The normalized spacial score (nSPS) is 13.1. The number of carboxylic acid groups (broad SMARTS) is 1. The van der Waals surface area contributed by atoms with Crippen LogP contribution in [0.4, 0.5) is 0 Å². The van der Waals surface area contributed by atoms with Crippen LogP contribution in [0, 0.1) is 0 Å². The summed E-state index contributed by atoms with van der Waals surface area (Å²) in [5.41, 5.74) is 4.30. The third kappa shape index (κ3) is 4.65. The van der Waals surface area contributed by atoms with Gasteiger partial charge in [0, 0.05) is 18.9 Å². The quantitative estimate of drug-likeness (QED) is 0.259. The molecule has 0 bridgehead atoms. The number of hydrogen-bond acceptors (Lipinski definition) is 6. The van der Waals surface area contributed by atoms with Crippen molar-refractivity contribution >= 4 is 16.7 Å².